The van der Waals surface area contributed by atoms with Gasteiger partial charge in [-0.1, -0.05) is 0 Å². The standard InChI is InChI=1S/C11H17NO6/c1-7(13)17-5-3-4-12-10(15)6-9(11(12)16)18-8(2)14/h9,11,16H,3-6H2,1-2H3/t9-,11-/m0/s1. The molecule has 1 amide bonds. The van der Waals surface area contributed by atoms with E-state index >= 15 is 0 Å². The Hall–Kier alpha value is -1.63. The fraction of sp³-hybridized carbons (Fsp3) is 0.727. The van der Waals surface area contributed by atoms with Gasteiger partial charge < -0.3 is 19.5 Å². The fourth-order valence-electron chi connectivity index (χ4n) is 1.77. The highest BCUT2D eigenvalue weighted by atomic mass is 16.6. The number of hydrogen-bond acceptors (Lipinski definition) is 6. The van der Waals surface area contributed by atoms with E-state index in [4.69, 9.17) is 9.47 Å². The van der Waals surface area contributed by atoms with E-state index in [-0.39, 0.29) is 31.4 Å². The quantitative estimate of drug-likeness (QED) is 0.524. The number of likely N-dealkylation sites (tertiary alicyclic amines) is 1. The summed E-state index contributed by atoms with van der Waals surface area (Å²) in [7, 11) is 0. The van der Waals surface area contributed by atoms with E-state index in [1.165, 1.54) is 18.7 Å². The molecular formula is C11H17NO6. The molecule has 0 bridgehead atoms. The van der Waals surface area contributed by atoms with E-state index in [9.17, 15) is 19.5 Å². The minimum Gasteiger partial charge on any atom is -0.466 e. The fourth-order valence-corrected chi connectivity index (χ4v) is 1.77. The van der Waals surface area contributed by atoms with Crippen molar-refractivity contribution in [3.63, 3.8) is 0 Å². The van der Waals surface area contributed by atoms with Crippen LogP contribution in [-0.2, 0) is 23.9 Å². The second-order valence-corrected chi connectivity index (χ2v) is 4.05. The molecule has 1 aliphatic rings. The van der Waals surface area contributed by atoms with Crippen molar-refractivity contribution >= 4 is 17.8 Å². The van der Waals surface area contributed by atoms with Crippen molar-refractivity contribution in [3.8, 4) is 0 Å². The summed E-state index contributed by atoms with van der Waals surface area (Å²) in [5.74, 6) is -1.20. The summed E-state index contributed by atoms with van der Waals surface area (Å²) < 4.78 is 9.55. The number of nitrogens with zero attached hydrogens (tertiary/aromatic N) is 1. The Morgan fingerprint density at radius 3 is 2.61 bits per heavy atom. The average molecular weight is 259 g/mol. The average Bonchev–Trinajstić information content (AvgIpc) is 2.49. The first kappa shape index (κ1) is 14.4. The van der Waals surface area contributed by atoms with E-state index in [1.54, 1.807) is 0 Å². The number of aliphatic hydroxyl groups is 1. The van der Waals surface area contributed by atoms with Crippen LogP contribution in [0.1, 0.15) is 26.7 Å². The Balaban J connectivity index is 2.39. The molecule has 1 fully saturated rings. The number of amides is 1. The van der Waals surface area contributed by atoms with Gasteiger partial charge in [0.05, 0.1) is 13.0 Å². The molecule has 1 N–H and O–H groups in total. The summed E-state index contributed by atoms with van der Waals surface area (Å²) in [5, 5.41) is 9.80. The molecule has 1 rings (SSSR count). The summed E-state index contributed by atoms with van der Waals surface area (Å²) in [6.45, 7) is 2.96. The first-order valence-corrected chi connectivity index (χ1v) is 5.70. The van der Waals surface area contributed by atoms with Gasteiger partial charge in [0, 0.05) is 20.4 Å². The lowest BCUT2D eigenvalue weighted by Gasteiger charge is -2.22. The third-order valence-electron chi connectivity index (χ3n) is 2.51. The molecule has 0 aliphatic carbocycles. The first-order chi connectivity index (χ1) is 8.41. The molecule has 1 heterocycles. The van der Waals surface area contributed by atoms with Gasteiger partial charge in [0.1, 0.15) is 0 Å². The van der Waals surface area contributed by atoms with E-state index < -0.39 is 18.3 Å². The van der Waals surface area contributed by atoms with E-state index in [2.05, 4.69) is 0 Å². The second kappa shape index (κ2) is 6.34. The zero-order chi connectivity index (χ0) is 13.7. The van der Waals surface area contributed by atoms with E-state index in [0.717, 1.165) is 0 Å². The van der Waals surface area contributed by atoms with Gasteiger partial charge in [0.2, 0.25) is 5.91 Å². The highest BCUT2D eigenvalue weighted by Gasteiger charge is 2.40. The molecule has 0 aromatic rings. The van der Waals surface area contributed by atoms with Crippen molar-refractivity contribution in [2.24, 2.45) is 0 Å². The van der Waals surface area contributed by atoms with Gasteiger partial charge in [-0.2, -0.15) is 0 Å². The Morgan fingerprint density at radius 2 is 2.06 bits per heavy atom. The maximum Gasteiger partial charge on any atom is 0.303 e. The second-order valence-electron chi connectivity index (χ2n) is 4.05. The zero-order valence-electron chi connectivity index (χ0n) is 10.4. The first-order valence-electron chi connectivity index (χ1n) is 5.70. The highest BCUT2D eigenvalue weighted by Crippen LogP contribution is 2.20. The van der Waals surface area contributed by atoms with Crippen LogP contribution in [0.15, 0.2) is 0 Å². The van der Waals surface area contributed by atoms with Gasteiger partial charge in [-0.05, 0) is 6.42 Å². The Kier molecular flexibility index (Phi) is 5.08. The molecule has 18 heavy (non-hydrogen) atoms. The number of hydrogen-bond donors (Lipinski definition) is 1. The van der Waals surface area contributed by atoms with Gasteiger partial charge in [-0.25, -0.2) is 0 Å². The molecule has 0 aromatic heterocycles. The number of esters is 2. The molecule has 0 spiro atoms. The smallest absolute Gasteiger partial charge is 0.303 e. The van der Waals surface area contributed by atoms with Crippen molar-refractivity contribution in [3.05, 3.63) is 0 Å². The third-order valence-corrected chi connectivity index (χ3v) is 2.51. The molecule has 7 nitrogen and oxygen atoms in total. The Labute approximate surface area is 105 Å². The molecule has 0 radical (unpaired) electrons. The molecule has 7 heteroatoms. The summed E-state index contributed by atoms with van der Waals surface area (Å²) in [4.78, 5) is 34.1. The van der Waals surface area contributed by atoms with Crippen LogP contribution in [-0.4, -0.2) is 53.3 Å². The molecule has 102 valence electrons. The topological polar surface area (TPSA) is 93.1 Å². The number of carbonyl (C=O) groups is 3. The van der Waals surface area contributed by atoms with Gasteiger partial charge in [-0.3, -0.25) is 14.4 Å². The summed E-state index contributed by atoms with van der Waals surface area (Å²) >= 11 is 0. The van der Waals surface area contributed by atoms with Crippen molar-refractivity contribution in [2.75, 3.05) is 13.2 Å². The van der Waals surface area contributed by atoms with Gasteiger partial charge in [-0.15, -0.1) is 0 Å². The molecule has 1 aliphatic heterocycles. The normalized spacial score (nSPS) is 23.1. The third kappa shape index (κ3) is 3.99. The number of ether oxygens (including phenoxy) is 2. The molecule has 0 saturated carbocycles. The maximum absolute atomic E-state index is 11.6. The number of aliphatic hydroxyl groups excluding tert-OH is 1. The Morgan fingerprint density at radius 1 is 1.39 bits per heavy atom. The lowest BCUT2D eigenvalue weighted by atomic mass is 10.3. The predicted octanol–water partition coefficient (Wildman–Crippen LogP) is -0.578. The maximum atomic E-state index is 11.6. The summed E-state index contributed by atoms with van der Waals surface area (Å²) in [6, 6.07) is 0. The van der Waals surface area contributed by atoms with Crippen LogP contribution in [0.2, 0.25) is 0 Å². The largest absolute Gasteiger partial charge is 0.466 e. The van der Waals surface area contributed by atoms with Crippen molar-refractivity contribution in [1.82, 2.24) is 4.90 Å². The lowest BCUT2D eigenvalue weighted by molar-refractivity contribution is -0.155. The van der Waals surface area contributed by atoms with Crippen LogP contribution in [0.3, 0.4) is 0 Å². The van der Waals surface area contributed by atoms with Crippen LogP contribution < -0.4 is 0 Å². The molecule has 0 aromatic carbocycles. The van der Waals surface area contributed by atoms with Crippen LogP contribution in [0.5, 0.6) is 0 Å². The van der Waals surface area contributed by atoms with Crippen LogP contribution in [0.4, 0.5) is 0 Å². The van der Waals surface area contributed by atoms with Gasteiger partial charge in [0.15, 0.2) is 12.3 Å². The minimum atomic E-state index is -1.13. The van der Waals surface area contributed by atoms with Gasteiger partial charge in [0.25, 0.3) is 0 Å². The molecule has 1 saturated heterocycles. The number of rotatable bonds is 5. The van der Waals surface area contributed by atoms with Crippen molar-refractivity contribution < 1.29 is 29.0 Å². The SMILES string of the molecule is CC(=O)OCCCN1C(=O)C[C@H](OC(C)=O)[C@@H]1O. The zero-order valence-corrected chi connectivity index (χ0v) is 10.4. The van der Waals surface area contributed by atoms with Crippen LogP contribution in [0.25, 0.3) is 0 Å². The van der Waals surface area contributed by atoms with Crippen molar-refractivity contribution in [2.45, 2.75) is 39.0 Å². The number of carbonyl (C=O) groups excluding carboxylic acids is 3. The predicted molar refractivity (Wildman–Crippen MR) is 59.1 cm³/mol. The monoisotopic (exact) mass is 259 g/mol. The summed E-state index contributed by atoms with van der Waals surface area (Å²) in [5.41, 5.74) is 0. The van der Waals surface area contributed by atoms with Crippen LogP contribution in [0, 0.1) is 0 Å². The highest BCUT2D eigenvalue weighted by molar-refractivity contribution is 5.80. The molecule has 2 atom stereocenters. The summed E-state index contributed by atoms with van der Waals surface area (Å²) in [6.07, 6.45) is -1.54. The lowest BCUT2D eigenvalue weighted by Crippen LogP contribution is -2.39. The van der Waals surface area contributed by atoms with E-state index in [1.807, 2.05) is 0 Å². The van der Waals surface area contributed by atoms with Crippen molar-refractivity contribution in [1.29, 1.82) is 0 Å². The molecular weight excluding hydrogens is 242 g/mol. The molecule has 0 unspecified atom stereocenters. The van der Waals surface area contributed by atoms with E-state index in [0.29, 0.717) is 6.42 Å². The van der Waals surface area contributed by atoms with Crippen LogP contribution >= 0.6 is 0 Å². The van der Waals surface area contributed by atoms with Gasteiger partial charge >= 0.3 is 11.9 Å². The minimum absolute atomic E-state index is 0.0195. The Bertz CT molecular complexity index is 342.